The van der Waals surface area contributed by atoms with Crippen molar-refractivity contribution in [1.29, 1.82) is 0 Å². The van der Waals surface area contributed by atoms with Gasteiger partial charge in [-0.15, -0.1) is 0 Å². The number of rotatable bonds is 0. The van der Waals surface area contributed by atoms with Gasteiger partial charge in [-0.2, -0.15) is 0 Å². The Morgan fingerprint density at radius 2 is 1.26 bits per heavy atom. The molecule has 0 N–H and O–H groups in total. The maximum Gasteiger partial charge on any atom is 0.131 e. The minimum atomic E-state index is 0.602. The molecule has 2 heteroatoms. The average molecular weight is 300 g/mol. The number of fused-ring (bicyclic) bond motifs is 4. The van der Waals surface area contributed by atoms with Gasteiger partial charge in [-0.05, 0) is 46.0 Å². The van der Waals surface area contributed by atoms with Crippen molar-refractivity contribution in [3.63, 3.8) is 0 Å². The predicted molar refractivity (Wildman–Crippen MR) is 89.3 cm³/mol. The molecule has 0 spiro atoms. The summed E-state index contributed by atoms with van der Waals surface area (Å²) in [7, 11) is 0. The molecule has 112 valence electrons. The highest BCUT2D eigenvalue weighted by Crippen LogP contribution is 2.39. The van der Waals surface area contributed by atoms with Crippen LogP contribution in [0.2, 0.25) is 0 Å². The number of hydrogen-bond donors (Lipinski definition) is 0. The highest BCUT2D eigenvalue weighted by Gasteiger charge is 2.21. The van der Waals surface area contributed by atoms with Gasteiger partial charge in [-0.25, -0.2) is 0 Å². The number of ether oxygens (including phenoxy) is 2. The van der Waals surface area contributed by atoms with Crippen LogP contribution < -0.4 is 9.47 Å². The molecule has 0 aliphatic carbocycles. The molecule has 0 saturated heterocycles. The zero-order valence-corrected chi connectivity index (χ0v) is 12.7. The smallest absolute Gasteiger partial charge is 0.131 e. The molecule has 0 aromatic heterocycles. The fourth-order valence-electron chi connectivity index (χ4n) is 3.47. The van der Waals surface area contributed by atoms with Crippen LogP contribution in [0.15, 0.2) is 60.7 Å². The van der Waals surface area contributed by atoms with Crippen molar-refractivity contribution in [2.24, 2.45) is 0 Å². The fourth-order valence-corrected chi connectivity index (χ4v) is 3.47. The van der Waals surface area contributed by atoms with Gasteiger partial charge in [-0.1, -0.05) is 42.5 Å². The summed E-state index contributed by atoms with van der Waals surface area (Å²) in [5.41, 5.74) is 6.34. The first-order chi connectivity index (χ1) is 11.4. The third-order valence-corrected chi connectivity index (χ3v) is 4.69. The van der Waals surface area contributed by atoms with Gasteiger partial charge in [0.05, 0.1) is 0 Å². The van der Waals surface area contributed by atoms with E-state index in [0.717, 1.165) is 30.1 Å². The van der Waals surface area contributed by atoms with E-state index in [-0.39, 0.29) is 0 Å². The summed E-state index contributed by atoms with van der Waals surface area (Å²) in [5.74, 6) is 2.93. The molecule has 3 aromatic carbocycles. The monoisotopic (exact) mass is 300 g/mol. The Hall–Kier alpha value is -2.74. The molecule has 0 atom stereocenters. The van der Waals surface area contributed by atoms with Crippen LogP contribution in [0.3, 0.4) is 0 Å². The quantitative estimate of drug-likeness (QED) is 0.461. The van der Waals surface area contributed by atoms with E-state index in [2.05, 4.69) is 36.4 Å². The first-order valence-corrected chi connectivity index (χ1v) is 7.98. The second kappa shape index (κ2) is 4.88. The van der Waals surface area contributed by atoms with Crippen molar-refractivity contribution >= 4 is 0 Å². The lowest BCUT2D eigenvalue weighted by atomic mass is 9.93. The topological polar surface area (TPSA) is 18.5 Å². The molecule has 2 heterocycles. The van der Waals surface area contributed by atoms with E-state index in [0.29, 0.717) is 6.61 Å². The molecule has 0 saturated carbocycles. The van der Waals surface area contributed by atoms with Crippen LogP contribution in [-0.4, -0.2) is 0 Å². The minimum Gasteiger partial charge on any atom is -0.489 e. The highest BCUT2D eigenvalue weighted by atomic mass is 16.5. The van der Waals surface area contributed by atoms with Gasteiger partial charge in [0.15, 0.2) is 0 Å². The Labute approximate surface area is 135 Å². The zero-order valence-electron chi connectivity index (χ0n) is 12.7. The van der Waals surface area contributed by atoms with Crippen LogP contribution in [-0.2, 0) is 19.4 Å². The van der Waals surface area contributed by atoms with Gasteiger partial charge in [0.2, 0.25) is 0 Å². The van der Waals surface area contributed by atoms with Gasteiger partial charge < -0.3 is 9.47 Å². The Morgan fingerprint density at radius 1 is 0.565 bits per heavy atom. The standard InChI is InChI=1S/C21H16O2/c1-3-7-19-14(5-1)9-16-11-17-10-15-6-2-4-8-20(15)23-21(17)12-18(16)13-22-19/h1-8,11-12H,9-10,13H2. The summed E-state index contributed by atoms with van der Waals surface area (Å²) in [6.07, 6.45) is 1.85. The lowest BCUT2D eigenvalue weighted by Gasteiger charge is -2.22. The van der Waals surface area contributed by atoms with Crippen molar-refractivity contribution in [2.45, 2.75) is 19.4 Å². The van der Waals surface area contributed by atoms with Gasteiger partial charge >= 0.3 is 0 Å². The molecule has 2 nitrogen and oxygen atoms in total. The van der Waals surface area contributed by atoms with E-state index in [1.54, 1.807) is 0 Å². The summed E-state index contributed by atoms with van der Waals surface area (Å²) < 4.78 is 12.1. The number of benzene rings is 3. The normalized spacial score (nSPS) is 14.3. The third kappa shape index (κ3) is 2.10. The van der Waals surface area contributed by atoms with Crippen molar-refractivity contribution in [3.8, 4) is 17.2 Å². The van der Waals surface area contributed by atoms with E-state index in [1.807, 2.05) is 24.3 Å². The highest BCUT2D eigenvalue weighted by molar-refractivity contribution is 5.54. The van der Waals surface area contributed by atoms with Gasteiger partial charge in [0.25, 0.3) is 0 Å². The molecule has 0 radical (unpaired) electrons. The van der Waals surface area contributed by atoms with Crippen molar-refractivity contribution in [1.82, 2.24) is 0 Å². The summed E-state index contributed by atoms with van der Waals surface area (Å²) in [6.45, 7) is 0.602. The van der Waals surface area contributed by atoms with Gasteiger partial charge in [-0.3, -0.25) is 0 Å². The van der Waals surface area contributed by atoms with Gasteiger partial charge in [0, 0.05) is 12.8 Å². The summed E-state index contributed by atoms with van der Waals surface area (Å²) in [6, 6.07) is 21.0. The molecule has 0 unspecified atom stereocenters. The molecule has 0 amide bonds. The van der Waals surface area contributed by atoms with Crippen LogP contribution in [0.25, 0.3) is 0 Å². The Balaban J connectivity index is 1.59. The lowest BCUT2D eigenvalue weighted by Crippen LogP contribution is -2.06. The second-order valence-electron chi connectivity index (χ2n) is 6.19. The molecule has 0 fully saturated rings. The van der Waals surface area contributed by atoms with E-state index in [4.69, 9.17) is 9.47 Å². The summed E-state index contributed by atoms with van der Waals surface area (Å²) >= 11 is 0. The van der Waals surface area contributed by atoms with E-state index >= 15 is 0 Å². The maximum atomic E-state index is 6.11. The SMILES string of the molecule is c1ccc2c(c1)Cc1cc3c(cc1CO2)Oc1ccccc1C3. The molecule has 0 bridgehead atoms. The zero-order chi connectivity index (χ0) is 15.2. The second-order valence-corrected chi connectivity index (χ2v) is 6.19. The lowest BCUT2D eigenvalue weighted by molar-refractivity contribution is 0.306. The molecule has 5 rings (SSSR count). The van der Waals surface area contributed by atoms with Crippen LogP contribution in [0.4, 0.5) is 0 Å². The first-order valence-electron chi connectivity index (χ1n) is 7.98. The largest absolute Gasteiger partial charge is 0.489 e. The molecule has 2 aliphatic heterocycles. The van der Waals surface area contributed by atoms with Crippen molar-refractivity contribution in [3.05, 3.63) is 88.5 Å². The predicted octanol–water partition coefficient (Wildman–Crippen LogP) is 4.87. The van der Waals surface area contributed by atoms with E-state index in [9.17, 15) is 0 Å². The summed E-state index contributed by atoms with van der Waals surface area (Å²) in [5, 5.41) is 0. The molecular weight excluding hydrogens is 284 g/mol. The maximum absolute atomic E-state index is 6.11. The molecule has 23 heavy (non-hydrogen) atoms. The number of para-hydroxylation sites is 2. The average Bonchev–Trinajstić information content (AvgIpc) is 2.76. The minimum absolute atomic E-state index is 0.602. The van der Waals surface area contributed by atoms with Crippen molar-refractivity contribution in [2.75, 3.05) is 0 Å². The van der Waals surface area contributed by atoms with Gasteiger partial charge in [0.1, 0.15) is 23.9 Å². The Bertz CT molecular complexity index is 911. The number of hydrogen-bond acceptors (Lipinski definition) is 2. The summed E-state index contributed by atoms with van der Waals surface area (Å²) in [4.78, 5) is 0. The van der Waals surface area contributed by atoms with Crippen molar-refractivity contribution < 1.29 is 9.47 Å². The van der Waals surface area contributed by atoms with Crippen LogP contribution in [0.1, 0.15) is 27.8 Å². The van der Waals surface area contributed by atoms with Crippen LogP contribution in [0.5, 0.6) is 17.2 Å². The third-order valence-electron chi connectivity index (χ3n) is 4.69. The van der Waals surface area contributed by atoms with Crippen LogP contribution in [0, 0.1) is 0 Å². The first kappa shape index (κ1) is 12.8. The van der Waals surface area contributed by atoms with Crippen LogP contribution >= 0.6 is 0 Å². The molecule has 2 aliphatic rings. The van der Waals surface area contributed by atoms with E-state index < -0.39 is 0 Å². The van der Waals surface area contributed by atoms with E-state index in [1.165, 1.54) is 27.8 Å². The fraction of sp³-hybridized carbons (Fsp3) is 0.143. The molecule has 3 aromatic rings. The Kier molecular flexibility index (Phi) is 2.71. The molecular formula is C21H16O2. The Morgan fingerprint density at radius 3 is 2.13 bits per heavy atom.